The Bertz CT molecular complexity index is 978. The fourth-order valence-corrected chi connectivity index (χ4v) is 2.78. The van der Waals surface area contributed by atoms with Crippen molar-refractivity contribution in [3.05, 3.63) is 83.7 Å². The van der Waals surface area contributed by atoms with Crippen molar-refractivity contribution < 1.29 is 27.5 Å². The average Bonchev–Trinajstić information content (AvgIpc) is 2.61. The molecular weight excluding hydrogens is 348 g/mol. The molecule has 0 unspecified atom stereocenters. The molecule has 0 spiro atoms. The number of benzene rings is 3. The van der Waals surface area contributed by atoms with E-state index >= 15 is 0 Å². The first kappa shape index (κ1) is 17.7. The molecule has 26 heavy (non-hydrogen) atoms. The van der Waals surface area contributed by atoms with Gasteiger partial charge in [-0.15, -0.1) is 0 Å². The summed E-state index contributed by atoms with van der Waals surface area (Å²) < 4.78 is 54.3. The maximum Gasteiger partial charge on any atom is 0.417 e. The number of carbonyl (C=O) groups is 1. The molecule has 0 atom stereocenters. The third-order valence-corrected chi connectivity index (χ3v) is 3.96. The molecule has 3 rings (SSSR count). The van der Waals surface area contributed by atoms with Crippen LogP contribution < -0.4 is 0 Å². The Morgan fingerprint density at radius 2 is 1.42 bits per heavy atom. The van der Waals surface area contributed by atoms with Gasteiger partial charge in [0.2, 0.25) is 0 Å². The van der Waals surface area contributed by atoms with E-state index in [2.05, 4.69) is 0 Å². The lowest BCUT2D eigenvalue weighted by atomic mass is 9.92. The molecule has 0 amide bonds. The largest absolute Gasteiger partial charge is 0.478 e. The highest BCUT2D eigenvalue weighted by molar-refractivity contribution is 5.96. The monoisotopic (exact) mass is 360 g/mol. The van der Waals surface area contributed by atoms with Crippen molar-refractivity contribution in [3.8, 4) is 22.3 Å². The van der Waals surface area contributed by atoms with Crippen LogP contribution >= 0.6 is 0 Å². The Kier molecular flexibility index (Phi) is 4.50. The number of halogens is 4. The molecular formula is C20H12F4O2. The van der Waals surface area contributed by atoms with Gasteiger partial charge in [-0.2, -0.15) is 13.2 Å². The van der Waals surface area contributed by atoms with Crippen LogP contribution in [0, 0.1) is 5.82 Å². The average molecular weight is 360 g/mol. The SMILES string of the molecule is O=C(O)c1ccccc1-c1ccc(C(F)(F)F)c(-c2ccccc2F)c1. The van der Waals surface area contributed by atoms with Crippen LogP contribution in [0.15, 0.2) is 66.7 Å². The van der Waals surface area contributed by atoms with E-state index in [1.807, 2.05) is 0 Å². The number of carboxylic acid groups (broad SMARTS) is 1. The van der Waals surface area contributed by atoms with E-state index in [1.54, 1.807) is 6.07 Å². The standard InChI is InChI=1S/C20H12F4O2/c21-18-8-4-3-6-14(18)16-11-12(9-10-17(16)20(22,23)24)13-5-1-2-7-15(13)19(25)26/h1-11H,(H,25,26). The minimum Gasteiger partial charge on any atom is -0.478 e. The van der Waals surface area contributed by atoms with E-state index < -0.39 is 23.5 Å². The lowest BCUT2D eigenvalue weighted by Crippen LogP contribution is -2.08. The Balaban J connectivity index is 2.28. The summed E-state index contributed by atoms with van der Waals surface area (Å²) in [7, 11) is 0. The third-order valence-electron chi connectivity index (χ3n) is 3.96. The Labute approximate surface area is 146 Å². The normalized spacial score (nSPS) is 11.4. The van der Waals surface area contributed by atoms with Gasteiger partial charge < -0.3 is 5.11 Å². The summed E-state index contributed by atoms with van der Waals surface area (Å²) in [5.74, 6) is -1.99. The topological polar surface area (TPSA) is 37.3 Å². The quantitative estimate of drug-likeness (QED) is 0.593. The second-order valence-corrected chi connectivity index (χ2v) is 5.59. The molecule has 0 bridgehead atoms. The molecule has 0 aliphatic rings. The molecule has 0 aromatic heterocycles. The van der Waals surface area contributed by atoms with E-state index in [-0.39, 0.29) is 27.8 Å². The molecule has 0 saturated heterocycles. The van der Waals surface area contributed by atoms with Crippen molar-refractivity contribution in [2.75, 3.05) is 0 Å². The molecule has 0 radical (unpaired) electrons. The minimum absolute atomic E-state index is 0.0493. The zero-order valence-electron chi connectivity index (χ0n) is 13.2. The van der Waals surface area contributed by atoms with Gasteiger partial charge >= 0.3 is 12.1 Å². The lowest BCUT2D eigenvalue weighted by molar-refractivity contribution is -0.137. The number of rotatable bonds is 3. The maximum atomic E-state index is 14.1. The van der Waals surface area contributed by atoms with Gasteiger partial charge in [0.1, 0.15) is 5.82 Å². The predicted octanol–water partition coefficient (Wildman–Crippen LogP) is 5.88. The van der Waals surface area contributed by atoms with Crippen molar-refractivity contribution in [1.29, 1.82) is 0 Å². The first-order chi connectivity index (χ1) is 12.3. The molecule has 2 nitrogen and oxygen atoms in total. The van der Waals surface area contributed by atoms with Crippen molar-refractivity contribution in [2.45, 2.75) is 6.18 Å². The van der Waals surface area contributed by atoms with E-state index in [9.17, 15) is 27.5 Å². The highest BCUT2D eigenvalue weighted by Crippen LogP contribution is 2.40. The molecule has 6 heteroatoms. The van der Waals surface area contributed by atoms with Crippen LogP contribution in [-0.2, 0) is 6.18 Å². The van der Waals surface area contributed by atoms with Gasteiger partial charge in [-0.25, -0.2) is 9.18 Å². The summed E-state index contributed by atoms with van der Waals surface area (Å²) in [5, 5.41) is 9.30. The van der Waals surface area contributed by atoms with Crippen LogP contribution in [0.2, 0.25) is 0 Å². The molecule has 132 valence electrons. The van der Waals surface area contributed by atoms with Crippen LogP contribution in [0.5, 0.6) is 0 Å². The van der Waals surface area contributed by atoms with E-state index in [0.717, 1.165) is 12.1 Å². The predicted molar refractivity (Wildman–Crippen MR) is 89.2 cm³/mol. The van der Waals surface area contributed by atoms with Crippen LogP contribution in [0.1, 0.15) is 15.9 Å². The number of carboxylic acids is 1. The van der Waals surface area contributed by atoms with Crippen molar-refractivity contribution in [2.24, 2.45) is 0 Å². The maximum absolute atomic E-state index is 14.1. The van der Waals surface area contributed by atoms with Gasteiger partial charge in [-0.3, -0.25) is 0 Å². The van der Waals surface area contributed by atoms with E-state index in [4.69, 9.17) is 0 Å². The van der Waals surface area contributed by atoms with Crippen LogP contribution in [0.25, 0.3) is 22.3 Å². The number of hydrogen-bond acceptors (Lipinski definition) is 1. The Hall–Kier alpha value is -3.15. The molecule has 3 aromatic rings. The number of alkyl halides is 3. The highest BCUT2D eigenvalue weighted by Gasteiger charge is 2.34. The van der Waals surface area contributed by atoms with Gasteiger partial charge in [0.15, 0.2) is 0 Å². The van der Waals surface area contributed by atoms with Crippen LogP contribution in [-0.4, -0.2) is 11.1 Å². The van der Waals surface area contributed by atoms with Crippen LogP contribution in [0.3, 0.4) is 0 Å². The molecule has 0 saturated carbocycles. The smallest absolute Gasteiger partial charge is 0.417 e. The molecule has 0 aliphatic carbocycles. The van der Waals surface area contributed by atoms with Crippen LogP contribution in [0.4, 0.5) is 17.6 Å². The summed E-state index contributed by atoms with van der Waals surface area (Å²) in [5.41, 5.74) is -1.06. The fraction of sp³-hybridized carbons (Fsp3) is 0.0500. The van der Waals surface area contributed by atoms with Gasteiger partial charge in [-0.1, -0.05) is 42.5 Å². The first-order valence-corrected chi connectivity index (χ1v) is 7.58. The molecule has 0 aliphatic heterocycles. The van der Waals surface area contributed by atoms with Gasteiger partial charge in [-0.05, 0) is 41.0 Å². The number of hydrogen-bond donors (Lipinski definition) is 1. The molecule has 0 fully saturated rings. The fourth-order valence-electron chi connectivity index (χ4n) is 2.78. The number of aromatic carboxylic acids is 1. The minimum atomic E-state index is -4.68. The Morgan fingerprint density at radius 3 is 2.04 bits per heavy atom. The summed E-state index contributed by atoms with van der Waals surface area (Å²) in [4.78, 5) is 11.4. The summed E-state index contributed by atoms with van der Waals surface area (Å²) in [6.07, 6.45) is -4.68. The van der Waals surface area contributed by atoms with E-state index in [0.29, 0.717) is 0 Å². The van der Waals surface area contributed by atoms with Crippen molar-refractivity contribution in [3.63, 3.8) is 0 Å². The van der Waals surface area contributed by atoms with Crippen molar-refractivity contribution >= 4 is 5.97 Å². The molecule has 3 aromatic carbocycles. The zero-order chi connectivity index (χ0) is 18.9. The first-order valence-electron chi connectivity index (χ1n) is 7.58. The highest BCUT2D eigenvalue weighted by atomic mass is 19.4. The third kappa shape index (κ3) is 3.31. The van der Waals surface area contributed by atoms with Gasteiger partial charge in [0, 0.05) is 5.56 Å². The molecule has 0 heterocycles. The molecule has 1 N–H and O–H groups in total. The second-order valence-electron chi connectivity index (χ2n) is 5.59. The second kappa shape index (κ2) is 6.63. The van der Waals surface area contributed by atoms with Gasteiger partial charge in [0.05, 0.1) is 11.1 Å². The summed E-state index contributed by atoms with van der Waals surface area (Å²) in [6, 6.07) is 14.3. The van der Waals surface area contributed by atoms with Crippen molar-refractivity contribution in [1.82, 2.24) is 0 Å². The lowest BCUT2D eigenvalue weighted by Gasteiger charge is -2.16. The zero-order valence-corrected chi connectivity index (χ0v) is 13.2. The summed E-state index contributed by atoms with van der Waals surface area (Å²) >= 11 is 0. The Morgan fingerprint density at radius 1 is 0.808 bits per heavy atom. The van der Waals surface area contributed by atoms with Gasteiger partial charge in [0.25, 0.3) is 0 Å². The summed E-state index contributed by atoms with van der Waals surface area (Å²) in [6.45, 7) is 0. The van der Waals surface area contributed by atoms with E-state index in [1.165, 1.54) is 48.5 Å².